The Morgan fingerprint density at radius 2 is 2.05 bits per heavy atom. The first-order valence-corrected chi connectivity index (χ1v) is 11.4. The van der Waals surface area contributed by atoms with E-state index < -0.39 is 35.0 Å². The quantitative estimate of drug-likeness (QED) is 0.353. The molecule has 0 saturated carbocycles. The van der Waals surface area contributed by atoms with E-state index >= 15 is 0 Å². The monoisotopic (exact) mass is 510 g/mol. The average molecular weight is 511 g/mol. The zero-order chi connectivity index (χ0) is 27.2. The largest absolute Gasteiger partial charge is 0.489 e. The summed E-state index contributed by atoms with van der Waals surface area (Å²) in [7, 11) is 1.56. The van der Waals surface area contributed by atoms with Crippen molar-refractivity contribution in [3.8, 4) is 17.6 Å². The van der Waals surface area contributed by atoms with Gasteiger partial charge in [0, 0.05) is 42.9 Å². The van der Waals surface area contributed by atoms with Gasteiger partial charge in [0.25, 0.3) is 5.91 Å². The summed E-state index contributed by atoms with van der Waals surface area (Å²) in [6, 6.07) is 6.51. The number of nitrogens with one attached hydrogen (secondary N) is 3. The van der Waals surface area contributed by atoms with Crippen molar-refractivity contribution in [2.24, 2.45) is 5.41 Å². The van der Waals surface area contributed by atoms with Crippen LogP contribution >= 0.6 is 0 Å². The molecule has 0 bridgehead atoms. The third-order valence-corrected chi connectivity index (χ3v) is 5.58. The number of ether oxygens (including phenoxy) is 1. The van der Waals surface area contributed by atoms with Gasteiger partial charge in [0.15, 0.2) is 0 Å². The number of likely N-dealkylation sites (N-methyl/N-ethyl adjacent to an activating group) is 1. The topological polar surface area (TPSA) is 115 Å². The second kappa shape index (κ2) is 11.7. The third-order valence-electron chi connectivity index (χ3n) is 5.58. The molecule has 1 aliphatic rings. The van der Waals surface area contributed by atoms with Gasteiger partial charge in [0.2, 0.25) is 0 Å². The van der Waals surface area contributed by atoms with Crippen molar-refractivity contribution in [1.82, 2.24) is 10.6 Å². The van der Waals surface area contributed by atoms with Crippen molar-refractivity contribution in [2.75, 3.05) is 25.2 Å². The summed E-state index contributed by atoms with van der Waals surface area (Å²) in [5.74, 6) is 4.54. The smallest absolute Gasteiger partial charge is 0.319 e. The number of rotatable bonds is 6. The minimum absolute atomic E-state index is 0.0415. The lowest BCUT2D eigenvalue weighted by atomic mass is 9.95. The van der Waals surface area contributed by atoms with E-state index in [4.69, 9.17) is 10.1 Å². The van der Waals surface area contributed by atoms with Gasteiger partial charge >= 0.3 is 6.03 Å². The van der Waals surface area contributed by atoms with E-state index in [1.54, 1.807) is 25.2 Å². The van der Waals surface area contributed by atoms with E-state index in [0.717, 1.165) is 18.3 Å². The van der Waals surface area contributed by atoms with Crippen molar-refractivity contribution >= 4 is 23.8 Å². The Balaban J connectivity index is 1.67. The first-order chi connectivity index (χ1) is 17.5. The van der Waals surface area contributed by atoms with Crippen molar-refractivity contribution in [1.29, 1.82) is 5.41 Å². The number of benzene rings is 2. The molecule has 0 fully saturated rings. The molecule has 2 aromatic rings. The number of urea groups is 1. The Morgan fingerprint density at radius 3 is 2.73 bits per heavy atom. The molecule has 0 radical (unpaired) electrons. The molecule has 0 saturated heterocycles. The van der Waals surface area contributed by atoms with Crippen LogP contribution in [0.4, 0.5) is 19.3 Å². The maximum Gasteiger partial charge on any atom is 0.319 e. The van der Waals surface area contributed by atoms with Gasteiger partial charge in [-0.2, -0.15) is 0 Å². The number of carbonyl (C=O) groups is 2. The first kappa shape index (κ1) is 27.4. The third kappa shape index (κ3) is 7.15. The lowest BCUT2D eigenvalue weighted by Crippen LogP contribution is -2.51. The maximum absolute atomic E-state index is 13.9. The molecule has 0 aliphatic carbocycles. The summed E-state index contributed by atoms with van der Waals surface area (Å²) < 4.78 is 32.8. The number of aliphatic hydroxyl groups excluding tert-OH is 1. The standard InChI is InChI=1S/C27H28F2N4O4/c1-27(2,16-34)9-8-17-4-7-24-23(11-17)33(3)25(35)22(15-37-24)32-26(36)31-14-18(13-30)10-19-5-6-20(28)12-21(19)29/h4-7,11-14,22,30,34H,10,15-16H2,1-3H3,(H2,31,32,36)/b18-14-,30-13?. The molecular weight excluding hydrogens is 482 g/mol. The Hall–Kier alpha value is -4.23. The maximum atomic E-state index is 13.9. The molecular formula is C27H28F2N4O4. The molecule has 0 aromatic heterocycles. The Kier molecular flexibility index (Phi) is 8.63. The lowest BCUT2D eigenvalue weighted by molar-refractivity contribution is -0.120. The number of carbonyl (C=O) groups excluding carboxylic acids is 2. The summed E-state index contributed by atoms with van der Waals surface area (Å²) >= 11 is 0. The molecule has 4 N–H and O–H groups in total. The van der Waals surface area contributed by atoms with Crippen LogP contribution in [0.5, 0.6) is 5.75 Å². The van der Waals surface area contributed by atoms with Crippen molar-refractivity contribution in [3.05, 3.63) is 70.9 Å². The predicted octanol–water partition coefficient (Wildman–Crippen LogP) is 3.13. The van der Waals surface area contributed by atoms with Crippen LogP contribution in [0.15, 0.2) is 48.2 Å². The summed E-state index contributed by atoms with van der Waals surface area (Å²) in [4.78, 5) is 26.9. The summed E-state index contributed by atoms with van der Waals surface area (Å²) in [5.41, 5.74) is 0.956. The molecule has 37 heavy (non-hydrogen) atoms. The van der Waals surface area contributed by atoms with Gasteiger partial charge < -0.3 is 30.8 Å². The van der Waals surface area contributed by atoms with E-state index in [9.17, 15) is 23.5 Å². The number of anilines is 1. The number of halogens is 2. The van der Waals surface area contributed by atoms with Crippen LogP contribution in [-0.2, 0) is 11.2 Å². The summed E-state index contributed by atoms with van der Waals surface area (Å²) in [6.07, 6.45) is 2.11. The second-order valence-corrected chi connectivity index (χ2v) is 9.13. The zero-order valence-electron chi connectivity index (χ0n) is 20.7. The molecule has 3 rings (SSSR count). The van der Waals surface area contributed by atoms with E-state index in [1.807, 2.05) is 13.8 Å². The van der Waals surface area contributed by atoms with Crippen LogP contribution in [0.1, 0.15) is 25.0 Å². The Bertz CT molecular complexity index is 1300. The second-order valence-electron chi connectivity index (χ2n) is 9.13. The SMILES string of the molecule is CN1C(=O)C(NC(=O)N/C=C(\C=N)Cc2ccc(F)cc2F)COc2ccc(C#CC(C)(C)CO)cc21. The fraction of sp³-hybridized carbons (Fsp3) is 0.296. The molecule has 1 atom stereocenters. The fourth-order valence-corrected chi connectivity index (χ4v) is 3.35. The van der Waals surface area contributed by atoms with Gasteiger partial charge in [-0.15, -0.1) is 0 Å². The molecule has 1 aliphatic heterocycles. The molecule has 10 heteroatoms. The summed E-state index contributed by atoms with van der Waals surface area (Å²) in [6.45, 7) is 3.41. The molecule has 1 heterocycles. The Labute approximate surface area is 213 Å². The lowest BCUT2D eigenvalue weighted by Gasteiger charge is -2.20. The first-order valence-electron chi connectivity index (χ1n) is 11.4. The highest BCUT2D eigenvalue weighted by Gasteiger charge is 2.30. The molecule has 8 nitrogen and oxygen atoms in total. The number of hydrogen-bond donors (Lipinski definition) is 4. The number of allylic oxidation sites excluding steroid dienone is 1. The molecule has 1 unspecified atom stereocenters. The molecule has 2 aromatic carbocycles. The highest BCUT2D eigenvalue weighted by molar-refractivity contribution is 6.00. The minimum atomic E-state index is -1.01. The highest BCUT2D eigenvalue weighted by Crippen LogP contribution is 2.31. The van der Waals surface area contributed by atoms with Crippen LogP contribution < -0.4 is 20.3 Å². The number of amides is 3. The number of aliphatic hydroxyl groups is 1. The molecule has 0 spiro atoms. The number of hydrogen-bond acceptors (Lipinski definition) is 5. The molecule has 194 valence electrons. The number of fused-ring (bicyclic) bond motifs is 1. The Morgan fingerprint density at radius 1 is 1.30 bits per heavy atom. The van der Waals surface area contributed by atoms with Crippen LogP contribution in [0.2, 0.25) is 0 Å². The highest BCUT2D eigenvalue weighted by atomic mass is 19.1. The van der Waals surface area contributed by atoms with Crippen LogP contribution in [-0.4, -0.2) is 49.6 Å². The summed E-state index contributed by atoms with van der Waals surface area (Å²) in [5, 5.41) is 21.9. The average Bonchev–Trinajstić information content (AvgIpc) is 2.98. The van der Waals surface area contributed by atoms with Gasteiger partial charge in [0.05, 0.1) is 12.3 Å². The van der Waals surface area contributed by atoms with Gasteiger partial charge in [-0.25, -0.2) is 13.6 Å². The van der Waals surface area contributed by atoms with Gasteiger partial charge in [-0.3, -0.25) is 4.79 Å². The van der Waals surface area contributed by atoms with E-state index in [-0.39, 0.29) is 30.8 Å². The van der Waals surface area contributed by atoms with Crippen molar-refractivity contribution in [3.63, 3.8) is 0 Å². The normalized spacial score (nSPS) is 15.5. The van der Waals surface area contributed by atoms with E-state index in [1.165, 1.54) is 17.2 Å². The minimum Gasteiger partial charge on any atom is -0.489 e. The van der Waals surface area contributed by atoms with E-state index in [0.29, 0.717) is 17.0 Å². The van der Waals surface area contributed by atoms with Crippen molar-refractivity contribution in [2.45, 2.75) is 26.3 Å². The number of nitrogens with zero attached hydrogens (tertiary/aromatic N) is 1. The van der Waals surface area contributed by atoms with E-state index in [2.05, 4.69) is 22.5 Å². The zero-order valence-corrected chi connectivity index (χ0v) is 20.7. The van der Waals surface area contributed by atoms with Crippen LogP contribution in [0.3, 0.4) is 0 Å². The van der Waals surface area contributed by atoms with Gasteiger partial charge in [-0.05, 0) is 49.2 Å². The predicted molar refractivity (Wildman–Crippen MR) is 135 cm³/mol. The van der Waals surface area contributed by atoms with Gasteiger partial charge in [0.1, 0.15) is 30.0 Å². The molecule has 3 amide bonds. The van der Waals surface area contributed by atoms with Crippen LogP contribution in [0.25, 0.3) is 0 Å². The van der Waals surface area contributed by atoms with Gasteiger partial charge in [-0.1, -0.05) is 17.9 Å². The van der Waals surface area contributed by atoms with Crippen LogP contribution in [0, 0.1) is 34.3 Å². The van der Waals surface area contributed by atoms with Crippen molar-refractivity contribution < 1.29 is 28.2 Å². The fourth-order valence-electron chi connectivity index (χ4n) is 3.35.